The molecule has 0 aliphatic rings. The van der Waals surface area contributed by atoms with Crippen LogP contribution in [0.25, 0.3) is 0 Å². The van der Waals surface area contributed by atoms with Gasteiger partial charge in [0.05, 0.1) is 22.4 Å². The summed E-state index contributed by atoms with van der Waals surface area (Å²) in [5.41, 5.74) is 0.532. The zero-order chi connectivity index (χ0) is 15.4. The maximum absolute atomic E-state index is 13.6. The highest BCUT2D eigenvalue weighted by Crippen LogP contribution is 2.23. The van der Waals surface area contributed by atoms with E-state index in [1.165, 1.54) is 0 Å². The Hall–Kier alpha value is -1.47. The second-order valence-electron chi connectivity index (χ2n) is 4.13. The third kappa shape index (κ3) is 4.25. The summed E-state index contributed by atoms with van der Waals surface area (Å²) in [5.74, 6) is -1.62. The molecule has 2 aromatic carbocycles. The Morgan fingerprint density at radius 1 is 1.00 bits per heavy atom. The number of hydrogen-bond donors (Lipinski definition) is 2. The number of rotatable bonds is 4. The first kappa shape index (κ1) is 15.9. The van der Waals surface area contributed by atoms with E-state index < -0.39 is 11.6 Å². The van der Waals surface area contributed by atoms with E-state index in [9.17, 15) is 13.6 Å². The molecular formula is C14H10Br2F2N2O. The molecule has 0 unspecified atom stereocenters. The number of anilines is 2. The van der Waals surface area contributed by atoms with Crippen molar-refractivity contribution in [1.82, 2.24) is 0 Å². The Balaban J connectivity index is 1.99. The zero-order valence-electron chi connectivity index (χ0n) is 10.6. The molecule has 0 bridgehead atoms. The molecule has 21 heavy (non-hydrogen) atoms. The molecular weight excluding hydrogens is 410 g/mol. The first-order valence-corrected chi connectivity index (χ1v) is 7.49. The van der Waals surface area contributed by atoms with Crippen LogP contribution in [0.5, 0.6) is 0 Å². The van der Waals surface area contributed by atoms with Gasteiger partial charge in [-0.1, -0.05) is 12.1 Å². The molecule has 2 aromatic rings. The van der Waals surface area contributed by atoms with E-state index in [-0.39, 0.29) is 22.6 Å². The first-order valence-electron chi connectivity index (χ1n) is 5.90. The number of nitrogens with one attached hydrogen (secondary N) is 2. The van der Waals surface area contributed by atoms with Gasteiger partial charge < -0.3 is 10.6 Å². The summed E-state index contributed by atoms with van der Waals surface area (Å²) in [4.78, 5) is 11.8. The summed E-state index contributed by atoms with van der Waals surface area (Å²) in [5, 5.41) is 5.21. The van der Waals surface area contributed by atoms with Crippen molar-refractivity contribution in [2.24, 2.45) is 0 Å². The summed E-state index contributed by atoms with van der Waals surface area (Å²) in [6, 6.07) is 9.10. The minimum absolute atomic E-state index is 0.0308. The second kappa shape index (κ2) is 7.00. The number of halogens is 4. The summed E-state index contributed by atoms with van der Waals surface area (Å²) in [7, 11) is 0. The Kier molecular flexibility index (Phi) is 5.30. The van der Waals surface area contributed by atoms with Crippen LogP contribution < -0.4 is 10.6 Å². The number of amides is 1. The van der Waals surface area contributed by atoms with Gasteiger partial charge >= 0.3 is 0 Å². The Labute approximate surface area is 137 Å². The fourth-order valence-electron chi connectivity index (χ4n) is 1.59. The lowest BCUT2D eigenvalue weighted by Crippen LogP contribution is -2.22. The third-order valence-corrected chi connectivity index (χ3v) is 3.90. The van der Waals surface area contributed by atoms with E-state index in [1.54, 1.807) is 18.2 Å². The van der Waals surface area contributed by atoms with Crippen molar-refractivity contribution in [2.75, 3.05) is 17.2 Å². The molecule has 0 aliphatic heterocycles. The molecule has 0 aliphatic carbocycles. The van der Waals surface area contributed by atoms with Gasteiger partial charge in [0.1, 0.15) is 11.6 Å². The van der Waals surface area contributed by atoms with Gasteiger partial charge in [0.25, 0.3) is 0 Å². The number of carbonyl (C=O) groups excluding carboxylic acids is 1. The van der Waals surface area contributed by atoms with Crippen LogP contribution in [0, 0.1) is 11.6 Å². The third-order valence-electron chi connectivity index (χ3n) is 2.60. The van der Waals surface area contributed by atoms with E-state index in [2.05, 4.69) is 42.5 Å². The van der Waals surface area contributed by atoms with Crippen LogP contribution in [0.4, 0.5) is 20.2 Å². The van der Waals surface area contributed by atoms with E-state index in [0.717, 1.165) is 16.6 Å². The van der Waals surface area contributed by atoms with Gasteiger partial charge in [-0.15, -0.1) is 0 Å². The molecule has 1 amide bonds. The predicted molar refractivity (Wildman–Crippen MR) is 85.3 cm³/mol. The van der Waals surface area contributed by atoms with Crippen LogP contribution in [0.1, 0.15) is 0 Å². The van der Waals surface area contributed by atoms with E-state index >= 15 is 0 Å². The summed E-state index contributed by atoms with van der Waals surface area (Å²) >= 11 is 6.19. The van der Waals surface area contributed by atoms with Crippen molar-refractivity contribution < 1.29 is 13.6 Å². The van der Waals surface area contributed by atoms with Gasteiger partial charge in [-0.3, -0.25) is 4.79 Å². The van der Waals surface area contributed by atoms with Crippen LogP contribution in [0.15, 0.2) is 45.3 Å². The molecule has 0 heterocycles. The maximum Gasteiger partial charge on any atom is 0.243 e. The molecule has 0 fully saturated rings. The van der Waals surface area contributed by atoms with Gasteiger partial charge in [0, 0.05) is 10.5 Å². The van der Waals surface area contributed by atoms with Crippen molar-refractivity contribution in [3.63, 3.8) is 0 Å². The number of para-hydroxylation sites is 1. The number of carbonyl (C=O) groups is 1. The zero-order valence-corrected chi connectivity index (χ0v) is 13.8. The molecule has 2 N–H and O–H groups in total. The van der Waals surface area contributed by atoms with E-state index in [1.807, 2.05) is 6.07 Å². The fraction of sp³-hybridized carbons (Fsp3) is 0.0714. The van der Waals surface area contributed by atoms with Crippen LogP contribution >= 0.6 is 31.9 Å². The highest BCUT2D eigenvalue weighted by Gasteiger charge is 2.10. The van der Waals surface area contributed by atoms with Crippen molar-refractivity contribution in [3.05, 3.63) is 57.0 Å². The SMILES string of the molecule is O=C(CNc1cc(F)c(Br)cc1F)Nc1ccccc1Br. The van der Waals surface area contributed by atoms with Gasteiger partial charge in [-0.2, -0.15) is 0 Å². The molecule has 7 heteroatoms. The predicted octanol–water partition coefficient (Wildman–Crippen LogP) is 4.54. The highest BCUT2D eigenvalue weighted by atomic mass is 79.9. The van der Waals surface area contributed by atoms with Gasteiger partial charge in [0.2, 0.25) is 5.91 Å². The average Bonchev–Trinajstić information content (AvgIpc) is 2.44. The van der Waals surface area contributed by atoms with Gasteiger partial charge in [-0.25, -0.2) is 8.78 Å². The van der Waals surface area contributed by atoms with Crippen molar-refractivity contribution in [3.8, 4) is 0 Å². The second-order valence-corrected chi connectivity index (χ2v) is 5.84. The lowest BCUT2D eigenvalue weighted by molar-refractivity contribution is -0.114. The Morgan fingerprint density at radius 2 is 1.71 bits per heavy atom. The van der Waals surface area contributed by atoms with Crippen molar-refractivity contribution in [2.45, 2.75) is 0 Å². The molecule has 0 atom stereocenters. The Morgan fingerprint density at radius 3 is 2.43 bits per heavy atom. The van der Waals surface area contributed by atoms with Gasteiger partial charge in [0.15, 0.2) is 0 Å². The molecule has 110 valence electrons. The number of benzene rings is 2. The van der Waals surface area contributed by atoms with E-state index in [4.69, 9.17) is 0 Å². The minimum atomic E-state index is -0.642. The maximum atomic E-state index is 13.6. The first-order chi connectivity index (χ1) is 9.97. The molecule has 0 radical (unpaired) electrons. The number of hydrogen-bond acceptors (Lipinski definition) is 2. The summed E-state index contributed by atoms with van der Waals surface area (Å²) < 4.78 is 27.7. The van der Waals surface area contributed by atoms with Crippen LogP contribution in [-0.4, -0.2) is 12.5 Å². The topological polar surface area (TPSA) is 41.1 Å². The quantitative estimate of drug-likeness (QED) is 0.714. The van der Waals surface area contributed by atoms with Crippen LogP contribution in [0.2, 0.25) is 0 Å². The lowest BCUT2D eigenvalue weighted by atomic mass is 10.3. The monoisotopic (exact) mass is 418 g/mol. The van der Waals surface area contributed by atoms with Crippen molar-refractivity contribution in [1.29, 1.82) is 0 Å². The molecule has 0 saturated heterocycles. The minimum Gasteiger partial charge on any atom is -0.374 e. The molecule has 0 saturated carbocycles. The largest absolute Gasteiger partial charge is 0.374 e. The van der Waals surface area contributed by atoms with Crippen molar-refractivity contribution >= 4 is 49.1 Å². The Bertz CT molecular complexity index is 680. The summed E-state index contributed by atoms with van der Waals surface area (Å²) in [6.07, 6.45) is 0. The smallest absolute Gasteiger partial charge is 0.243 e. The molecule has 0 aromatic heterocycles. The summed E-state index contributed by atoms with van der Waals surface area (Å²) in [6.45, 7) is -0.181. The standard InChI is InChI=1S/C14H10Br2F2N2O/c15-8-3-1-2-4-12(8)20-14(21)7-19-13-6-10(17)9(16)5-11(13)18/h1-6,19H,7H2,(H,20,21). The van der Waals surface area contributed by atoms with Gasteiger partial charge in [-0.05, 0) is 50.1 Å². The van der Waals surface area contributed by atoms with Crippen LogP contribution in [0.3, 0.4) is 0 Å². The highest BCUT2D eigenvalue weighted by molar-refractivity contribution is 9.10. The molecule has 2 rings (SSSR count). The van der Waals surface area contributed by atoms with E-state index in [0.29, 0.717) is 5.69 Å². The fourth-order valence-corrected chi connectivity index (χ4v) is 2.29. The average molecular weight is 420 g/mol. The van der Waals surface area contributed by atoms with Crippen LogP contribution in [-0.2, 0) is 4.79 Å². The molecule has 3 nitrogen and oxygen atoms in total. The lowest BCUT2D eigenvalue weighted by Gasteiger charge is -2.10. The normalized spacial score (nSPS) is 10.3. The molecule has 0 spiro atoms.